The van der Waals surface area contributed by atoms with Gasteiger partial charge in [-0.1, -0.05) is 136 Å². The van der Waals surface area contributed by atoms with Crippen molar-refractivity contribution in [1.82, 2.24) is 0 Å². The molecule has 0 aromatic rings. The largest absolute Gasteiger partial charge is 0.507 e. The Kier molecular flexibility index (Phi) is 11.0. The standard InChI is InChI=1S/C36H55OP/c1-8-12-19-30-29-20-21-31(34(5,6)7)33(37)32(29)36(24-15-11-4,25-28-38-26-17-16-18-27-38)35(30,22-13-9-2)23-14-10-3/h16-18,21,25-27,37H,8-15,19-20,22-24H2,1-7H3. The van der Waals surface area contributed by atoms with Gasteiger partial charge in [-0.2, -0.15) is 0 Å². The Balaban J connectivity index is 2.47. The van der Waals surface area contributed by atoms with Crippen molar-refractivity contribution in [3.05, 3.63) is 64.2 Å². The second kappa shape index (κ2) is 13.6. The van der Waals surface area contributed by atoms with Crippen LogP contribution < -0.4 is 0 Å². The lowest BCUT2D eigenvalue weighted by molar-refractivity contribution is 0.123. The van der Waals surface area contributed by atoms with E-state index < -0.39 is 7.17 Å². The number of hydrogen-bond donors (Lipinski definition) is 1. The summed E-state index contributed by atoms with van der Waals surface area (Å²) in [6, 6.07) is 0. The van der Waals surface area contributed by atoms with Crippen molar-refractivity contribution in [2.24, 2.45) is 16.2 Å². The van der Waals surface area contributed by atoms with Gasteiger partial charge in [-0.25, -0.2) is 0 Å². The van der Waals surface area contributed by atoms with Crippen molar-refractivity contribution in [3.8, 4) is 0 Å². The average molecular weight is 535 g/mol. The van der Waals surface area contributed by atoms with Crippen molar-refractivity contribution in [2.45, 2.75) is 132 Å². The summed E-state index contributed by atoms with van der Waals surface area (Å²) in [5, 5.41) is 12.3. The molecule has 1 heterocycles. The van der Waals surface area contributed by atoms with Gasteiger partial charge < -0.3 is 5.11 Å². The molecule has 3 aliphatic rings. The van der Waals surface area contributed by atoms with Gasteiger partial charge in [-0.15, -0.1) is 0 Å². The fraction of sp³-hybridized carbons (Fsp3) is 0.639. The zero-order chi connectivity index (χ0) is 27.8. The minimum atomic E-state index is -0.535. The molecule has 0 saturated heterocycles. The molecule has 1 aliphatic heterocycles. The van der Waals surface area contributed by atoms with Crippen LogP contribution in [0.2, 0.25) is 0 Å². The lowest BCUT2D eigenvalue weighted by atomic mass is 9.54. The third kappa shape index (κ3) is 6.06. The van der Waals surface area contributed by atoms with Crippen molar-refractivity contribution in [1.29, 1.82) is 0 Å². The highest BCUT2D eigenvalue weighted by Gasteiger charge is 2.60. The number of aliphatic hydroxyl groups excluding tert-OH is 1. The summed E-state index contributed by atoms with van der Waals surface area (Å²) in [5.41, 5.74) is 9.37. The summed E-state index contributed by atoms with van der Waals surface area (Å²) < 4.78 is 0. The molecule has 2 aliphatic carbocycles. The van der Waals surface area contributed by atoms with Crippen LogP contribution in [0, 0.1) is 16.2 Å². The predicted octanol–water partition coefficient (Wildman–Crippen LogP) is 11.5. The molecule has 0 aromatic carbocycles. The van der Waals surface area contributed by atoms with E-state index in [9.17, 15) is 5.11 Å². The van der Waals surface area contributed by atoms with E-state index in [1.807, 2.05) is 0 Å². The number of hydrogen-bond acceptors (Lipinski definition) is 1. The molecule has 0 spiro atoms. The normalized spacial score (nSPS) is 23.3. The first kappa shape index (κ1) is 30.9. The first-order valence-corrected chi connectivity index (χ1v) is 17.1. The van der Waals surface area contributed by atoms with Gasteiger partial charge in [-0.3, -0.25) is 0 Å². The number of unbranched alkanes of at least 4 members (excludes halogenated alkanes) is 4. The molecular weight excluding hydrogens is 479 g/mol. The molecule has 0 amide bonds. The second-order valence-electron chi connectivity index (χ2n) is 12.8. The Bertz CT molecular complexity index is 1110. The maximum atomic E-state index is 12.3. The second-order valence-corrected chi connectivity index (χ2v) is 14.4. The summed E-state index contributed by atoms with van der Waals surface area (Å²) >= 11 is 0. The van der Waals surface area contributed by atoms with Crippen molar-refractivity contribution < 1.29 is 5.11 Å². The lowest BCUT2D eigenvalue weighted by Gasteiger charge is -2.48. The molecule has 2 atom stereocenters. The molecule has 0 saturated carbocycles. The molecule has 0 aromatic heterocycles. The maximum Gasteiger partial charge on any atom is 0.123 e. The number of rotatable bonds is 13. The van der Waals surface area contributed by atoms with Gasteiger partial charge in [0.1, 0.15) is 5.76 Å². The van der Waals surface area contributed by atoms with Crippen LogP contribution in [0.5, 0.6) is 0 Å². The molecule has 38 heavy (non-hydrogen) atoms. The quantitative estimate of drug-likeness (QED) is 0.233. The third-order valence-corrected chi connectivity index (χ3v) is 10.6. The third-order valence-electron chi connectivity index (χ3n) is 9.15. The SMILES string of the molecule is CCCCC1=C2CC=C(C(C)(C)C)C(O)=C2C(C=C=P2=CC=CC=C2)(CCCC)C1(CCCC)CCCC. The van der Waals surface area contributed by atoms with E-state index in [2.05, 4.69) is 95.9 Å². The average Bonchev–Trinajstić information content (AvgIpc) is 3.13. The van der Waals surface area contributed by atoms with Gasteiger partial charge in [0.2, 0.25) is 0 Å². The maximum absolute atomic E-state index is 12.3. The minimum absolute atomic E-state index is 0.0703. The summed E-state index contributed by atoms with van der Waals surface area (Å²) in [6.07, 6.45) is 26.7. The Labute approximate surface area is 235 Å². The van der Waals surface area contributed by atoms with Gasteiger partial charge in [0.15, 0.2) is 0 Å². The van der Waals surface area contributed by atoms with E-state index in [4.69, 9.17) is 0 Å². The highest BCUT2D eigenvalue weighted by Crippen LogP contribution is 2.69. The van der Waals surface area contributed by atoms with E-state index in [1.165, 1.54) is 81.8 Å². The van der Waals surface area contributed by atoms with Crippen molar-refractivity contribution in [3.63, 3.8) is 0 Å². The molecule has 1 N–H and O–H groups in total. The summed E-state index contributed by atoms with van der Waals surface area (Å²) in [5.74, 6) is 5.22. The van der Waals surface area contributed by atoms with Crippen LogP contribution in [0.25, 0.3) is 0 Å². The number of fused-ring (bicyclic) bond motifs is 1. The number of aliphatic hydroxyl groups is 1. The zero-order valence-electron chi connectivity index (χ0n) is 25.6. The first-order valence-electron chi connectivity index (χ1n) is 15.7. The van der Waals surface area contributed by atoms with Gasteiger partial charge in [0, 0.05) is 16.4 Å². The summed E-state index contributed by atoms with van der Waals surface area (Å²) in [4.78, 5) is 0. The van der Waals surface area contributed by atoms with Crippen LogP contribution in [0.1, 0.15) is 132 Å². The Morgan fingerprint density at radius 1 is 0.895 bits per heavy atom. The van der Waals surface area contributed by atoms with Crippen LogP contribution in [0.15, 0.2) is 64.2 Å². The molecule has 1 nitrogen and oxygen atoms in total. The van der Waals surface area contributed by atoms with Crippen LogP contribution >= 0.6 is 7.17 Å². The molecule has 2 heteroatoms. The lowest BCUT2D eigenvalue weighted by Crippen LogP contribution is -2.41. The van der Waals surface area contributed by atoms with E-state index in [0.717, 1.165) is 18.4 Å². The molecule has 0 bridgehead atoms. The van der Waals surface area contributed by atoms with E-state index >= 15 is 0 Å². The molecule has 210 valence electrons. The number of allylic oxidation sites excluding steroid dienone is 9. The zero-order valence-corrected chi connectivity index (χ0v) is 26.5. The highest BCUT2D eigenvalue weighted by molar-refractivity contribution is 7.59. The van der Waals surface area contributed by atoms with Gasteiger partial charge >= 0.3 is 0 Å². The smallest absolute Gasteiger partial charge is 0.123 e. The first-order chi connectivity index (χ1) is 18.2. The van der Waals surface area contributed by atoms with Crippen LogP contribution in [0.3, 0.4) is 0 Å². The van der Waals surface area contributed by atoms with E-state index in [0.29, 0.717) is 5.76 Å². The van der Waals surface area contributed by atoms with Gasteiger partial charge in [0.25, 0.3) is 0 Å². The Morgan fingerprint density at radius 2 is 1.53 bits per heavy atom. The fourth-order valence-corrected chi connectivity index (χ4v) is 8.45. The molecule has 2 unspecified atom stereocenters. The van der Waals surface area contributed by atoms with E-state index in [-0.39, 0.29) is 16.2 Å². The molecule has 3 rings (SSSR count). The van der Waals surface area contributed by atoms with Gasteiger partial charge in [-0.05, 0) is 72.8 Å². The highest BCUT2D eigenvalue weighted by atomic mass is 31.1. The molecular formula is C36H55OP. The topological polar surface area (TPSA) is 20.2 Å². The Morgan fingerprint density at radius 3 is 2.08 bits per heavy atom. The predicted molar refractivity (Wildman–Crippen MR) is 173 cm³/mol. The monoisotopic (exact) mass is 534 g/mol. The van der Waals surface area contributed by atoms with E-state index in [1.54, 1.807) is 5.57 Å². The van der Waals surface area contributed by atoms with Crippen molar-refractivity contribution in [2.75, 3.05) is 0 Å². The van der Waals surface area contributed by atoms with Crippen LogP contribution in [0.4, 0.5) is 0 Å². The summed E-state index contributed by atoms with van der Waals surface area (Å²) in [6.45, 7) is 16.1. The van der Waals surface area contributed by atoms with Crippen LogP contribution in [-0.2, 0) is 0 Å². The van der Waals surface area contributed by atoms with Crippen molar-refractivity contribution >= 4 is 18.4 Å². The van der Waals surface area contributed by atoms with Gasteiger partial charge in [0.05, 0.1) is 0 Å². The molecule has 0 radical (unpaired) electrons. The Hall–Kier alpha value is -1.68. The molecule has 0 fully saturated rings. The van der Waals surface area contributed by atoms with Crippen LogP contribution in [-0.4, -0.2) is 16.4 Å². The summed E-state index contributed by atoms with van der Waals surface area (Å²) in [7, 11) is -0.535. The minimum Gasteiger partial charge on any atom is -0.507 e. The fourth-order valence-electron chi connectivity index (χ4n) is 7.24.